The van der Waals surface area contributed by atoms with Crippen molar-refractivity contribution < 1.29 is 18.0 Å². The Kier molecular flexibility index (Phi) is 5.28. The number of carbonyl (C=O) groups is 1. The highest BCUT2D eigenvalue weighted by molar-refractivity contribution is 5.97. The Morgan fingerprint density at radius 1 is 1.10 bits per heavy atom. The molecule has 2 heterocycles. The number of hydrogen-bond donors (Lipinski definition) is 3. The van der Waals surface area contributed by atoms with Crippen LogP contribution in [-0.2, 0) is 12.7 Å². The Morgan fingerprint density at radius 2 is 1.87 bits per heavy atom. The average Bonchev–Trinajstić information content (AvgIpc) is 3.23. The molecule has 31 heavy (non-hydrogen) atoms. The summed E-state index contributed by atoms with van der Waals surface area (Å²) in [5.74, 6) is 0.471. The minimum absolute atomic E-state index is 0.234. The lowest BCUT2D eigenvalue weighted by atomic mass is 10.2. The number of aliphatic imine (C=N–C) groups is 1. The molecule has 0 unspecified atom stereocenters. The number of aromatic nitrogens is 1. The van der Waals surface area contributed by atoms with E-state index in [1.54, 1.807) is 0 Å². The molecule has 0 aliphatic carbocycles. The van der Waals surface area contributed by atoms with Gasteiger partial charge < -0.3 is 16.4 Å². The fraction of sp³-hybridized carbons (Fsp3) is 0.143. The largest absolute Gasteiger partial charge is 0.416 e. The molecule has 1 aliphatic heterocycles. The van der Waals surface area contributed by atoms with E-state index in [4.69, 9.17) is 5.73 Å². The second-order valence-corrected chi connectivity index (χ2v) is 6.87. The third-order valence-electron chi connectivity index (χ3n) is 4.76. The van der Waals surface area contributed by atoms with E-state index in [-0.39, 0.29) is 12.2 Å². The molecule has 0 fully saturated rings. The number of nitrogens with zero attached hydrogens (tertiary/aromatic N) is 3. The zero-order valence-electron chi connectivity index (χ0n) is 16.2. The number of benzene rings is 2. The Hall–Kier alpha value is -3.95. The van der Waals surface area contributed by atoms with Crippen molar-refractivity contribution in [1.82, 2.24) is 9.99 Å². The predicted molar refractivity (Wildman–Crippen MR) is 112 cm³/mol. The van der Waals surface area contributed by atoms with Crippen LogP contribution in [0.25, 0.3) is 0 Å². The number of halogens is 3. The lowest BCUT2D eigenvalue weighted by molar-refractivity contribution is -0.137. The normalized spacial score (nSPS) is 13.4. The molecule has 1 aromatic heterocycles. The van der Waals surface area contributed by atoms with Crippen molar-refractivity contribution >= 4 is 23.2 Å². The van der Waals surface area contributed by atoms with Crippen LogP contribution in [0.3, 0.4) is 0 Å². The summed E-state index contributed by atoms with van der Waals surface area (Å²) in [7, 11) is 0. The molecular weight excluding hydrogens is 409 g/mol. The number of hydrogen-bond acceptors (Lipinski definition) is 4. The molecule has 3 aromatic rings. The molecule has 1 aliphatic rings. The van der Waals surface area contributed by atoms with Crippen LogP contribution >= 0.6 is 0 Å². The first-order chi connectivity index (χ1) is 14.8. The van der Waals surface area contributed by atoms with E-state index in [0.717, 1.165) is 29.1 Å². The molecule has 0 saturated carbocycles. The number of rotatable bonds is 4. The fourth-order valence-electron chi connectivity index (χ4n) is 3.21. The average molecular weight is 428 g/mol. The topological polar surface area (TPSA) is 87.7 Å². The highest BCUT2D eigenvalue weighted by Gasteiger charge is 2.30. The van der Waals surface area contributed by atoms with Gasteiger partial charge in [0.15, 0.2) is 0 Å². The highest BCUT2D eigenvalue weighted by atomic mass is 19.4. The summed E-state index contributed by atoms with van der Waals surface area (Å²) in [6, 6.07) is 15.1. The molecule has 2 amide bonds. The van der Waals surface area contributed by atoms with Gasteiger partial charge in [-0.05, 0) is 54.1 Å². The Bertz CT molecular complexity index is 1120. The molecule has 7 nitrogen and oxygen atoms in total. The first kappa shape index (κ1) is 20.3. The molecule has 0 saturated heterocycles. The van der Waals surface area contributed by atoms with Crippen molar-refractivity contribution in [1.29, 1.82) is 0 Å². The molecule has 0 spiro atoms. The van der Waals surface area contributed by atoms with Crippen LogP contribution in [-0.4, -0.2) is 23.2 Å². The molecule has 4 N–H and O–H groups in total. The number of amidine groups is 1. The van der Waals surface area contributed by atoms with Gasteiger partial charge in [-0.1, -0.05) is 12.1 Å². The second kappa shape index (κ2) is 8.05. The molecule has 0 bridgehead atoms. The van der Waals surface area contributed by atoms with Crippen molar-refractivity contribution in [3.8, 4) is 0 Å². The summed E-state index contributed by atoms with van der Waals surface area (Å²) < 4.78 is 39.8. The summed E-state index contributed by atoms with van der Waals surface area (Å²) in [5.41, 5.74) is 7.93. The molecule has 4 rings (SSSR count). The lowest BCUT2D eigenvalue weighted by Gasteiger charge is -2.29. The van der Waals surface area contributed by atoms with E-state index < -0.39 is 17.8 Å². The molecule has 10 heteroatoms. The van der Waals surface area contributed by atoms with E-state index >= 15 is 0 Å². The van der Waals surface area contributed by atoms with Crippen molar-refractivity contribution in [2.75, 3.05) is 17.0 Å². The van der Waals surface area contributed by atoms with E-state index in [1.165, 1.54) is 12.1 Å². The standard InChI is InChI=1S/C21H19F3N6O/c22-21(23,24)15-6-8-16(9-7-15)28-20(31)26-12-14-3-1-4-17(11-14)30-13-27-19(25)18-5-2-10-29(18)30/h1-11H,12-13H2,(H2,25,27)(H2,26,28,31). The lowest BCUT2D eigenvalue weighted by Crippen LogP contribution is -2.38. The van der Waals surface area contributed by atoms with E-state index in [9.17, 15) is 18.0 Å². The third-order valence-corrected chi connectivity index (χ3v) is 4.76. The molecule has 2 aromatic carbocycles. The molecule has 0 atom stereocenters. The fourth-order valence-corrected chi connectivity index (χ4v) is 3.21. The van der Waals surface area contributed by atoms with Gasteiger partial charge >= 0.3 is 12.2 Å². The van der Waals surface area contributed by atoms with Crippen LogP contribution in [0, 0.1) is 0 Å². The van der Waals surface area contributed by atoms with Crippen LogP contribution in [0.2, 0.25) is 0 Å². The van der Waals surface area contributed by atoms with Gasteiger partial charge in [0.05, 0.1) is 11.3 Å². The quantitative estimate of drug-likeness (QED) is 0.591. The van der Waals surface area contributed by atoms with E-state index in [1.807, 2.05) is 52.3 Å². The number of alkyl halides is 3. The van der Waals surface area contributed by atoms with E-state index in [0.29, 0.717) is 12.5 Å². The smallest absolute Gasteiger partial charge is 0.382 e. The molecule has 0 radical (unpaired) electrons. The number of fused-ring (bicyclic) bond motifs is 1. The SMILES string of the molecule is NC1=NCN(c2cccc(CNC(=O)Nc3ccc(C(F)(F)F)cc3)c2)n2cccc21. The number of nitrogens with one attached hydrogen (secondary N) is 2. The minimum Gasteiger partial charge on any atom is -0.382 e. The summed E-state index contributed by atoms with van der Waals surface area (Å²) >= 11 is 0. The van der Waals surface area contributed by atoms with Crippen LogP contribution in [0.1, 0.15) is 16.8 Å². The van der Waals surface area contributed by atoms with Gasteiger partial charge in [0.1, 0.15) is 18.2 Å². The van der Waals surface area contributed by atoms with Gasteiger partial charge in [-0.3, -0.25) is 9.69 Å². The second-order valence-electron chi connectivity index (χ2n) is 6.87. The number of urea groups is 1. The number of anilines is 2. The van der Waals surface area contributed by atoms with Gasteiger partial charge in [0.2, 0.25) is 0 Å². The van der Waals surface area contributed by atoms with Crippen molar-refractivity contribution in [2.45, 2.75) is 12.7 Å². The zero-order valence-corrected chi connectivity index (χ0v) is 16.2. The maximum Gasteiger partial charge on any atom is 0.416 e. The zero-order chi connectivity index (χ0) is 22.0. The molecular formula is C21H19F3N6O. The maximum atomic E-state index is 12.6. The minimum atomic E-state index is -4.42. The first-order valence-corrected chi connectivity index (χ1v) is 9.38. The summed E-state index contributed by atoms with van der Waals surface area (Å²) in [6.07, 6.45) is -2.53. The van der Waals surface area contributed by atoms with Gasteiger partial charge in [-0.25, -0.2) is 9.79 Å². The number of amides is 2. The first-order valence-electron chi connectivity index (χ1n) is 9.38. The molecule has 160 valence electrons. The van der Waals surface area contributed by atoms with E-state index in [2.05, 4.69) is 15.6 Å². The number of carbonyl (C=O) groups excluding carboxylic acids is 1. The van der Waals surface area contributed by atoms with Gasteiger partial charge in [-0.2, -0.15) is 13.2 Å². The van der Waals surface area contributed by atoms with Crippen LogP contribution in [0.4, 0.5) is 29.3 Å². The summed E-state index contributed by atoms with van der Waals surface area (Å²) in [6.45, 7) is 0.594. The maximum absolute atomic E-state index is 12.6. The summed E-state index contributed by atoms with van der Waals surface area (Å²) in [5, 5.41) is 7.16. The van der Waals surface area contributed by atoms with Gasteiger partial charge in [-0.15, -0.1) is 0 Å². The van der Waals surface area contributed by atoms with Crippen LogP contribution < -0.4 is 21.4 Å². The Morgan fingerprint density at radius 3 is 2.61 bits per heavy atom. The van der Waals surface area contributed by atoms with Crippen molar-refractivity contribution in [3.63, 3.8) is 0 Å². The van der Waals surface area contributed by atoms with Gasteiger partial charge in [0.25, 0.3) is 0 Å². The monoisotopic (exact) mass is 428 g/mol. The van der Waals surface area contributed by atoms with Crippen molar-refractivity contribution in [3.05, 3.63) is 83.7 Å². The number of nitrogens with two attached hydrogens (primary N) is 1. The third kappa shape index (κ3) is 4.47. The van der Waals surface area contributed by atoms with Gasteiger partial charge in [0, 0.05) is 18.4 Å². The van der Waals surface area contributed by atoms with Crippen molar-refractivity contribution in [2.24, 2.45) is 10.7 Å². The van der Waals surface area contributed by atoms with Crippen LogP contribution in [0.15, 0.2) is 71.9 Å². The van der Waals surface area contributed by atoms with Crippen LogP contribution in [0.5, 0.6) is 0 Å². The summed E-state index contributed by atoms with van der Waals surface area (Å²) in [4.78, 5) is 16.5. The highest BCUT2D eigenvalue weighted by Crippen LogP contribution is 2.29. The predicted octanol–water partition coefficient (Wildman–Crippen LogP) is 3.77. The Balaban J connectivity index is 1.38. The Labute approximate surface area is 176 Å².